The number of nitrogens with one attached hydrogen (secondary N) is 1. The molecule has 0 aliphatic carbocycles. The van der Waals surface area contributed by atoms with Crippen LogP contribution in [0.1, 0.15) is 31.9 Å². The third-order valence-electron chi connectivity index (χ3n) is 2.80. The Hall–Kier alpha value is -1.75. The minimum atomic E-state index is -0.570. The Bertz CT molecular complexity index is 479. The Morgan fingerprint density at radius 1 is 1.40 bits per heavy atom. The van der Waals surface area contributed by atoms with Gasteiger partial charge in [-0.05, 0) is 44.4 Å². The van der Waals surface area contributed by atoms with Crippen molar-refractivity contribution in [3.05, 3.63) is 29.3 Å². The molecule has 0 atom stereocenters. The van der Waals surface area contributed by atoms with Crippen molar-refractivity contribution in [1.82, 2.24) is 5.48 Å². The summed E-state index contributed by atoms with van der Waals surface area (Å²) in [6.07, 6.45) is 1.11. The van der Waals surface area contributed by atoms with Crippen LogP contribution in [0.3, 0.4) is 0 Å². The smallest absolute Gasteiger partial charge is 0.431 e. The monoisotopic (exact) mass is 279 g/mol. The average molecular weight is 279 g/mol. The van der Waals surface area contributed by atoms with Crippen LogP contribution in [0.15, 0.2) is 18.2 Å². The third-order valence-corrected chi connectivity index (χ3v) is 2.80. The lowest BCUT2D eigenvalue weighted by Gasteiger charge is -2.19. The van der Waals surface area contributed by atoms with E-state index in [9.17, 15) is 4.79 Å². The van der Waals surface area contributed by atoms with Gasteiger partial charge < -0.3 is 9.47 Å². The molecule has 1 aliphatic rings. The Balaban J connectivity index is 1.70. The molecule has 110 valence electrons. The number of ether oxygens (including phenoxy) is 2. The molecule has 1 aromatic rings. The maximum atomic E-state index is 11.3. The van der Waals surface area contributed by atoms with E-state index in [2.05, 4.69) is 11.5 Å². The molecule has 1 aliphatic heterocycles. The molecule has 1 amide bonds. The zero-order valence-electron chi connectivity index (χ0n) is 12.2. The number of carbonyl (C=O) groups excluding carboxylic acids is 1. The van der Waals surface area contributed by atoms with E-state index in [1.165, 1.54) is 11.1 Å². The highest BCUT2D eigenvalue weighted by Crippen LogP contribution is 2.25. The first-order valence-electron chi connectivity index (χ1n) is 6.79. The Kier molecular flexibility index (Phi) is 4.49. The molecule has 0 saturated heterocycles. The second kappa shape index (κ2) is 6.13. The van der Waals surface area contributed by atoms with Crippen LogP contribution in [0.2, 0.25) is 0 Å². The molecular formula is C15H21NO4. The fraction of sp³-hybridized carbons (Fsp3) is 0.533. The molecule has 5 heteroatoms. The number of rotatable bonds is 4. The number of carbonyl (C=O) groups is 1. The van der Waals surface area contributed by atoms with Crippen molar-refractivity contribution < 1.29 is 19.1 Å². The van der Waals surface area contributed by atoms with E-state index < -0.39 is 11.7 Å². The molecule has 5 nitrogen and oxygen atoms in total. The topological polar surface area (TPSA) is 56.8 Å². The lowest BCUT2D eigenvalue weighted by molar-refractivity contribution is -0.00686. The molecule has 0 spiro atoms. The van der Waals surface area contributed by atoms with Crippen LogP contribution in [0.25, 0.3) is 0 Å². The van der Waals surface area contributed by atoms with Crippen molar-refractivity contribution in [3.8, 4) is 5.75 Å². The minimum absolute atomic E-state index is 0.402. The average Bonchev–Trinajstić information content (AvgIpc) is 2.79. The number of hydrogen-bond acceptors (Lipinski definition) is 4. The van der Waals surface area contributed by atoms with E-state index in [1.807, 2.05) is 12.1 Å². The molecule has 2 rings (SSSR count). The Morgan fingerprint density at radius 2 is 2.20 bits per heavy atom. The first-order valence-corrected chi connectivity index (χ1v) is 6.79. The van der Waals surface area contributed by atoms with E-state index in [4.69, 9.17) is 14.3 Å². The van der Waals surface area contributed by atoms with E-state index in [1.54, 1.807) is 20.8 Å². The molecule has 0 aromatic heterocycles. The van der Waals surface area contributed by atoms with Gasteiger partial charge >= 0.3 is 6.09 Å². The van der Waals surface area contributed by atoms with Crippen molar-refractivity contribution in [2.24, 2.45) is 0 Å². The molecule has 0 unspecified atom stereocenters. The van der Waals surface area contributed by atoms with Crippen molar-refractivity contribution in [2.45, 2.75) is 39.2 Å². The first-order chi connectivity index (χ1) is 9.44. The van der Waals surface area contributed by atoms with Crippen LogP contribution in [0.5, 0.6) is 5.75 Å². The SMILES string of the molecule is CC(C)(C)OC(=O)NOCCc1ccc2c(c1)CCO2. The summed E-state index contributed by atoms with van der Waals surface area (Å²) in [6, 6.07) is 6.12. The van der Waals surface area contributed by atoms with Gasteiger partial charge in [0.2, 0.25) is 0 Å². The standard InChI is InChI=1S/C15H21NO4/c1-15(2,3)20-14(17)16-19-9-6-11-4-5-13-12(10-11)7-8-18-13/h4-5,10H,6-9H2,1-3H3,(H,16,17). The summed E-state index contributed by atoms with van der Waals surface area (Å²) in [5, 5.41) is 0. The van der Waals surface area contributed by atoms with Crippen molar-refractivity contribution >= 4 is 6.09 Å². The van der Waals surface area contributed by atoms with Crippen molar-refractivity contribution in [3.63, 3.8) is 0 Å². The quantitative estimate of drug-likeness (QED) is 0.680. The predicted molar refractivity (Wildman–Crippen MR) is 74.7 cm³/mol. The summed E-state index contributed by atoms with van der Waals surface area (Å²) in [7, 11) is 0. The van der Waals surface area contributed by atoms with Gasteiger partial charge in [0.15, 0.2) is 0 Å². The van der Waals surface area contributed by atoms with Gasteiger partial charge in [-0.3, -0.25) is 4.84 Å². The van der Waals surface area contributed by atoms with Crippen LogP contribution in [-0.4, -0.2) is 24.9 Å². The maximum absolute atomic E-state index is 11.3. The van der Waals surface area contributed by atoms with E-state index in [0.29, 0.717) is 6.61 Å². The van der Waals surface area contributed by atoms with Gasteiger partial charge in [0.05, 0.1) is 13.2 Å². The molecule has 1 heterocycles. The molecule has 0 saturated carbocycles. The van der Waals surface area contributed by atoms with Crippen molar-refractivity contribution in [2.75, 3.05) is 13.2 Å². The summed E-state index contributed by atoms with van der Waals surface area (Å²) >= 11 is 0. The fourth-order valence-electron chi connectivity index (χ4n) is 1.97. The fourth-order valence-corrected chi connectivity index (χ4v) is 1.97. The summed E-state index contributed by atoms with van der Waals surface area (Å²) < 4.78 is 10.5. The van der Waals surface area contributed by atoms with Gasteiger partial charge in [0, 0.05) is 6.42 Å². The largest absolute Gasteiger partial charge is 0.493 e. The van der Waals surface area contributed by atoms with Crippen LogP contribution in [0, 0.1) is 0 Å². The molecular weight excluding hydrogens is 258 g/mol. The van der Waals surface area contributed by atoms with Gasteiger partial charge in [0.1, 0.15) is 11.4 Å². The summed E-state index contributed by atoms with van der Waals surface area (Å²) in [5.74, 6) is 0.974. The Morgan fingerprint density at radius 3 is 2.95 bits per heavy atom. The number of fused-ring (bicyclic) bond motifs is 1. The van der Waals surface area contributed by atoms with Gasteiger partial charge in [-0.25, -0.2) is 4.79 Å². The lowest BCUT2D eigenvalue weighted by atomic mass is 10.1. The third kappa shape index (κ3) is 4.42. The number of amides is 1. The van der Waals surface area contributed by atoms with Gasteiger partial charge in [0.25, 0.3) is 0 Å². The Labute approximate surface area is 119 Å². The van der Waals surface area contributed by atoms with Crippen LogP contribution < -0.4 is 10.2 Å². The molecule has 0 radical (unpaired) electrons. The van der Waals surface area contributed by atoms with Crippen LogP contribution >= 0.6 is 0 Å². The van der Waals surface area contributed by atoms with Gasteiger partial charge in [-0.15, -0.1) is 0 Å². The second-order valence-corrected chi connectivity index (χ2v) is 5.74. The molecule has 0 bridgehead atoms. The molecule has 1 N–H and O–H groups in total. The normalized spacial score (nSPS) is 13.6. The zero-order chi connectivity index (χ0) is 14.6. The highest BCUT2D eigenvalue weighted by atomic mass is 16.7. The summed E-state index contributed by atoms with van der Waals surface area (Å²) in [4.78, 5) is 16.5. The van der Waals surface area contributed by atoms with E-state index in [-0.39, 0.29) is 0 Å². The predicted octanol–water partition coefficient (Wildman–Crippen LogP) is 2.62. The molecule has 20 heavy (non-hydrogen) atoms. The summed E-state index contributed by atoms with van der Waals surface area (Å²) in [6.45, 7) is 6.58. The lowest BCUT2D eigenvalue weighted by Crippen LogP contribution is -2.33. The van der Waals surface area contributed by atoms with Gasteiger partial charge in [-0.2, -0.15) is 5.48 Å². The van der Waals surface area contributed by atoms with E-state index >= 15 is 0 Å². The number of benzene rings is 1. The maximum Gasteiger partial charge on any atom is 0.431 e. The van der Waals surface area contributed by atoms with Crippen LogP contribution in [0.4, 0.5) is 4.79 Å². The molecule has 0 fully saturated rings. The minimum Gasteiger partial charge on any atom is -0.493 e. The molecule has 1 aromatic carbocycles. The highest BCUT2D eigenvalue weighted by molar-refractivity contribution is 5.66. The van der Waals surface area contributed by atoms with Crippen molar-refractivity contribution in [1.29, 1.82) is 0 Å². The highest BCUT2D eigenvalue weighted by Gasteiger charge is 2.16. The first kappa shape index (κ1) is 14.7. The van der Waals surface area contributed by atoms with Gasteiger partial charge in [-0.1, -0.05) is 12.1 Å². The second-order valence-electron chi connectivity index (χ2n) is 5.74. The van der Waals surface area contributed by atoms with E-state index in [0.717, 1.165) is 25.2 Å². The summed E-state index contributed by atoms with van der Waals surface area (Å²) in [5.41, 5.74) is 4.16. The van der Waals surface area contributed by atoms with Crippen LogP contribution in [-0.2, 0) is 22.4 Å². The number of hydrogen-bond donors (Lipinski definition) is 1. The zero-order valence-corrected chi connectivity index (χ0v) is 12.2. The number of hydroxylamine groups is 1.